The van der Waals surface area contributed by atoms with Crippen molar-refractivity contribution in [2.45, 2.75) is 52.6 Å². The van der Waals surface area contributed by atoms with Gasteiger partial charge in [0.25, 0.3) is 5.91 Å². The van der Waals surface area contributed by atoms with Crippen LogP contribution in [0.3, 0.4) is 0 Å². The molecular formula is C21H32N6O3. The maximum Gasteiger partial charge on any atom is 0.256 e. The number of hydrazone groups is 1. The number of nitrogens with two attached hydrogens (primary N) is 2. The molecule has 0 bridgehead atoms. The number of aliphatic hydroxyl groups is 1. The number of aromatic nitrogens is 1. The average molecular weight is 417 g/mol. The molecule has 9 heteroatoms. The van der Waals surface area contributed by atoms with Crippen molar-refractivity contribution in [1.29, 1.82) is 0 Å². The topological polar surface area (TPSA) is 134 Å². The number of hydrogen-bond donors (Lipinski definition) is 3. The van der Waals surface area contributed by atoms with Gasteiger partial charge in [0, 0.05) is 20.0 Å². The standard InChI is InChI=1S/C13H19N5O.C8H13NO2/c14-10-16-18(15)12-7-3-2-6-11(12)13(19)17-8-4-1-5-9-17;1-5-7(8(3,4)10)9-6(2)11-5/h2-3,6-7,10H,1,4-5,8-9,15H2,(H2,14,16);10H,1-4H3. The van der Waals surface area contributed by atoms with Gasteiger partial charge in [0.2, 0.25) is 0 Å². The van der Waals surface area contributed by atoms with E-state index in [4.69, 9.17) is 16.0 Å². The molecule has 2 heterocycles. The van der Waals surface area contributed by atoms with E-state index in [1.54, 1.807) is 39.8 Å². The molecule has 0 atom stereocenters. The third-order valence-electron chi connectivity index (χ3n) is 4.70. The third kappa shape index (κ3) is 6.04. The van der Waals surface area contributed by atoms with Crippen LogP contribution in [0.5, 0.6) is 0 Å². The van der Waals surface area contributed by atoms with Crippen molar-refractivity contribution >= 4 is 17.9 Å². The molecule has 1 saturated heterocycles. The summed E-state index contributed by atoms with van der Waals surface area (Å²) in [6.07, 6.45) is 4.40. The van der Waals surface area contributed by atoms with E-state index in [0.29, 0.717) is 28.6 Å². The van der Waals surface area contributed by atoms with Gasteiger partial charge in [-0.25, -0.2) is 10.8 Å². The molecule has 1 aliphatic heterocycles. The summed E-state index contributed by atoms with van der Waals surface area (Å²) in [7, 11) is 0. The first-order valence-electron chi connectivity index (χ1n) is 9.99. The summed E-state index contributed by atoms with van der Waals surface area (Å²) in [6, 6.07) is 7.15. The van der Waals surface area contributed by atoms with Crippen LogP contribution in [0.15, 0.2) is 33.8 Å². The molecule has 0 unspecified atom stereocenters. The molecule has 1 fully saturated rings. The van der Waals surface area contributed by atoms with Gasteiger partial charge in [-0.05, 0) is 52.2 Å². The number of piperidine rings is 1. The lowest BCUT2D eigenvalue weighted by Crippen LogP contribution is -2.37. The normalized spacial score (nSPS) is 14.4. The van der Waals surface area contributed by atoms with Gasteiger partial charge in [0.1, 0.15) is 23.4 Å². The lowest BCUT2D eigenvalue weighted by atomic mass is 10.0. The van der Waals surface area contributed by atoms with Crippen molar-refractivity contribution in [3.8, 4) is 0 Å². The number of nitrogens with zero attached hydrogens (tertiary/aromatic N) is 4. The number of carbonyl (C=O) groups excluding carboxylic acids is 1. The van der Waals surface area contributed by atoms with E-state index < -0.39 is 5.60 Å². The van der Waals surface area contributed by atoms with E-state index in [1.807, 2.05) is 17.0 Å². The van der Waals surface area contributed by atoms with Gasteiger partial charge in [-0.3, -0.25) is 4.79 Å². The number of rotatable bonds is 4. The number of hydrazine groups is 1. The fraction of sp³-hybridized carbons (Fsp3) is 0.476. The summed E-state index contributed by atoms with van der Waals surface area (Å²) in [4.78, 5) is 18.4. The van der Waals surface area contributed by atoms with Crippen molar-refractivity contribution < 1.29 is 14.3 Å². The van der Waals surface area contributed by atoms with Gasteiger partial charge in [0.15, 0.2) is 5.89 Å². The van der Waals surface area contributed by atoms with E-state index in [-0.39, 0.29) is 5.91 Å². The SMILES string of the molecule is Cc1nc(C(C)(C)O)c(C)o1.N/C=N\N(N)c1ccccc1C(=O)N1CCCCC1. The largest absolute Gasteiger partial charge is 0.446 e. The number of aryl methyl sites for hydroxylation is 2. The average Bonchev–Trinajstić information content (AvgIpc) is 3.07. The van der Waals surface area contributed by atoms with Crippen LogP contribution < -0.4 is 16.7 Å². The van der Waals surface area contributed by atoms with Crippen molar-refractivity contribution in [3.63, 3.8) is 0 Å². The molecular weight excluding hydrogens is 384 g/mol. The Morgan fingerprint density at radius 3 is 2.40 bits per heavy atom. The molecule has 2 aromatic rings. The highest BCUT2D eigenvalue weighted by atomic mass is 16.4. The Labute approximate surface area is 177 Å². The fourth-order valence-corrected chi connectivity index (χ4v) is 3.35. The molecule has 0 saturated carbocycles. The number of carbonyl (C=O) groups is 1. The number of benzene rings is 1. The quantitative estimate of drug-likeness (QED) is 0.301. The number of amides is 1. The smallest absolute Gasteiger partial charge is 0.256 e. The molecule has 0 aliphatic carbocycles. The van der Waals surface area contributed by atoms with Crippen LogP contribution in [0.25, 0.3) is 0 Å². The Balaban J connectivity index is 0.000000248. The van der Waals surface area contributed by atoms with E-state index in [0.717, 1.165) is 37.4 Å². The van der Waals surface area contributed by atoms with Crippen LogP contribution in [0.1, 0.15) is 60.8 Å². The molecule has 0 radical (unpaired) electrons. The Morgan fingerprint density at radius 1 is 1.27 bits per heavy atom. The molecule has 5 N–H and O–H groups in total. The van der Waals surface area contributed by atoms with Gasteiger partial charge in [0.05, 0.1) is 11.3 Å². The number of oxazole rings is 1. The predicted octanol–water partition coefficient (Wildman–Crippen LogP) is 2.41. The maximum absolute atomic E-state index is 12.5. The van der Waals surface area contributed by atoms with Gasteiger partial charge < -0.3 is 20.2 Å². The van der Waals surface area contributed by atoms with Crippen molar-refractivity contribution in [1.82, 2.24) is 9.88 Å². The first-order valence-corrected chi connectivity index (χ1v) is 9.99. The van der Waals surface area contributed by atoms with Crippen LogP contribution in [0.4, 0.5) is 5.69 Å². The number of hydrogen-bond acceptors (Lipinski definition) is 7. The Hall–Kier alpha value is -2.91. The Morgan fingerprint density at radius 2 is 1.90 bits per heavy atom. The minimum absolute atomic E-state index is 0.00188. The molecule has 9 nitrogen and oxygen atoms in total. The maximum atomic E-state index is 12.5. The Kier molecular flexibility index (Phi) is 7.96. The van der Waals surface area contributed by atoms with Gasteiger partial charge >= 0.3 is 0 Å². The van der Waals surface area contributed by atoms with E-state index >= 15 is 0 Å². The summed E-state index contributed by atoms with van der Waals surface area (Å²) in [5.74, 6) is 7.04. The van der Waals surface area contributed by atoms with Gasteiger partial charge in [-0.15, -0.1) is 5.10 Å². The first-order chi connectivity index (χ1) is 14.1. The molecule has 1 amide bonds. The summed E-state index contributed by atoms with van der Waals surface area (Å²) >= 11 is 0. The molecule has 1 aromatic carbocycles. The number of para-hydroxylation sites is 1. The summed E-state index contributed by atoms with van der Waals surface area (Å²) in [5, 5.41) is 14.5. The lowest BCUT2D eigenvalue weighted by Gasteiger charge is -2.28. The molecule has 164 valence electrons. The van der Waals surface area contributed by atoms with Crippen LogP contribution >= 0.6 is 0 Å². The van der Waals surface area contributed by atoms with E-state index in [2.05, 4.69) is 10.1 Å². The zero-order chi connectivity index (χ0) is 22.3. The lowest BCUT2D eigenvalue weighted by molar-refractivity contribution is 0.0719. The number of anilines is 1. The highest BCUT2D eigenvalue weighted by Gasteiger charge is 2.23. The molecule has 0 spiro atoms. The fourth-order valence-electron chi connectivity index (χ4n) is 3.35. The van der Waals surface area contributed by atoms with Crippen LogP contribution in [0.2, 0.25) is 0 Å². The van der Waals surface area contributed by atoms with Crippen LogP contribution in [-0.2, 0) is 5.60 Å². The zero-order valence-corrected chi connectivity index (χ0v) is 18.1. The van der Waals surface area contributed by atoms with Crippen molar-refractivity contribution in [3.05, 3.63) is 47.2 Å². The minimum atomic E-state index is -0.901. The zero-order valence-electron chi connectivity index (χ0n) is 18.1. The molecule has 30 heavy (non-hydrogen) atoms. The molecule has 1 aliphatic rings. The van der Waals surface area contributed by atoms with Crippen LogP contribution in [-0.4, -0.2) is 40.3 Å². The minimum Gasteiger partial charge on any atom is -0.446 e. The van der Waals surface area contributed by atoms with Gasteiger partial charge in [-0.1, -0.05) is 12.1 Å². The van der Waals surface area contributed by atoms with Crippen molar-refractivity contribution in [2.24, 2.45) is 16.7 Å². The second-order valence-electron chi connectivity index (χ2n) is 7.68. The van der Waals surface area contributed by atoms with E-state index in [9.17, 15) is 9.90 Å². The highest BCUT2D eigenvalue weighted by Crippen LogP contribution is 2.23. The van der Waals surface area contributed by atoms with Crippen molar-refractivity contribution in [2.75, 3.05) is 18.2 Å². The second-order valence-corrected chi connectivity index (χ2v) is 7.68. The van der Waals surface area contributed by atoms with Crippen LogP contribution in [0, 0.1) is 13.8 Å². The molecule has 3 rings (SSSR count). The Bertz CT molecular complexity index is 866. The molecule has 1 aromatic heterocycles. The highest BCUT2D eigenvalue weighted by molar-refractivity contribution is 5.99. The third-order valence-corrected chi connectivity index (χ3v) is 4.70. The van der Waals surface area contributed by atoms with Gasteiger partial charge in [-0.2, -0.15) is 5.12 Å². The van der Waals surface area contributed by atoms with E-state index in [1.165, 1.54) is 6.42 Å². The predicted molar refractivity (Wildman–Crippen MR) is 117 cm³/mol. The number of likely N-dealkylation sites (tertiary alicyclic amines) is 1. The first kappa shape index (κ1) is 23.4. The summed E-state index contributed by atoms with van der Waals surface area (Å²) in [5.41, 5.74) is 6.06. The second kappa shape index (κ2) is 10.2. The monoisotopic (exact) mass is 416 g/mol. The summed E-state index contributed by atoms with van der Waals surface area (Å²) < 4.78 is 5.17. The summed E-state index contributed by atoms with van der Waals surface area (Å²) in [6.45, 7) is 8.56.